The molecule has 0 aromatic carbocycles. The molecule has 0 amide bonds. The molecule has 0 aromatic rings. The lowest BCUT2D eigenvalue weighted by Gasteiger charge is -1.95. The molecule has 0 heterocycles. The van der Waals surface area contributed by atoms with Crippen LogP contribution in [0.4, 0.5) is 0 Å². The molecule has 0 saturated carbocycles. The van der Waals surface area contributed by atoms with Gasteiger partial charge in [0.1, 0.15) is 0 Å². The van der Waals surface area contributed by atoms with E-state index in [1.165, 1.54) is 0 Å². The zero-order valence-corrected chi connectivity index (χ0v) is 4.92. The van der Waals surface area contributed by atoms with Crippen molar-refractivity contribution in [2.45, 2.75) is 12.2 Å². The van der Waals surface area contributed by atoms with Crippen molar-refractivity contribution in [3.05, 3.63) is 0 Å². The zero-order valence-electron chi connectivity index (χ0n) is 4.10. The molecule has 0 spiro atoms. The second kappa shape index (κ2) is 3.50. The molecule has 0 aromatic heterocycles. The Labute approximate surface area is 44.1 Å². The van der Waals surface area contributed by atoms with E-state index in [1.54, 1.807) is 7.11 Å². The van der Waals surface area contributed by atoms with Gasteiger partial charge >= 0.3 is 0 Å². The Hall–Kier alpha value is 0.310. The van der Waals surface area contributed by atoms with E-state index in [1.807, 2.05) is 6.92 Å². The highest BCUT2D eigenvalue weighted by Crippen LogP contribution is 1.89. The van der Waals surface area contributed by atoms with Crippen molar-refractivity contribution in [3.8, 4) is 0 Å². The molecule has 37 valence electrons. The van der Waals surface area contributed by atoms with E-state index < -0.39 is 0 Å². The summed E-state index contributed by atoms with van der Waals surface area (Å²) < 4.78 is 4.70. The lowest BCUT2D eigenvalue weighted by Crippen LogP contribution is -1.99. The molecule has 0 fully saturated rings. The third kappa shape index (κ3) is 4.31. The normalized spacial score (nSPS) is 14.5. The van der Waals surface area contributed by atoms with Gasteiger partial charge in [-0.15, -0.1) is 0 Å². The fourth-order valence-corrected chi connectivity index (χ4v) is 0.371. The van der Waals surface area contributed by atoms with E-state index in [-0.39, 0.29) is 5.25 Å². The van der Waals surface area contributed by atoms with Crippen LogP contribution in [0.1, 0.15) is 6.92 Å². The second-order valence-electron chi connectivity index (χ2n) is 1.27. The summed E-state index contributed by atoms with van der Waals surface area (Å²) in [6, 6.07) is 0. The summed E-state index contributed by atoms with van der Waals surface area (Å²) in [6.07, 6.45) is 0. The van der Waals surface area contributed by atoms with Crippen LogP contribution in [0.2, 0.25) is 0 Å². The molecule has 0 aliphatic heterocycles. The van der Waals surface area contributed by atoms with Gasteiger partial charge < -0.3 is 4.74 Å². The number of rotatable bonds is 2. The van der Waals surface area contributed by atoms with Crippen LogP contribution in [-0.4, -0.2) is 19.0 Å². The van der Waals surface area contributed by atoms with Gasteiger partial charge in [0.15, 0.2) is 0 Å². The van der Waals surface area contributed by atoms with Crippen molar-refractivity contribution in [2.24, 2.45) is 0 Å². The van der Waals surface area contributed by atoms with Gasteiger partial charge in [-0.2, -0.15) is 0 Å². The summed E-state index contributed by atoms with van der Waals surface area (Å²) in [5, 5.41) is 0.259. The molecule has 2 heteroatoms. The highest BCUT2D eigenvalue weighted by molar-refractivity contribution is 7.80. The van der Waals surface area contributed by atoms with Gasteiger partial charge in [-0.05, 0) is 0 Å². The number of hydrogen-bond acceptors (Lipinski definition) is 1. The Morgan fingerprint density at radius 3 is 2.33 bits per heavy atom. The molecule has 0 saturated heterocycles. The molecule has 0 N–H and O–H groups in total. The maximum absolute atomic E-state index is 4.75. The van der Waals surface area contributed by atoms with E-state index in [0.717, 1.165) is 0 Å². The van der Waals surface area contributed by atoms with Crippen LogP contribution in [0.25, 0.3) is 0 Å². The van der Waals surface area contributed by atoms with Gasteiger partial charge in [0.05, 0.1) is 6.61 Å². The first-order chi connectivity index (χ1) is 2.77. The summed E-state index contributed by atoms with van der Waals surface area (Å²) >= 11 is 4.75. The molecule has 1 atom stereocenters. The Morgan fingerprint density at radius 2 is 2.33 bits per heavy atom. The second-order valence-corrected chi connectivity index (χ2v) is 2.07. The van der Waals surface area contributed by atoms with Crippen LogP contribution in [0.5, 0.6) is 0 Å². The predicted octanol–water partition coefficient (Wildman–Crippen LogP) is 1.22. The van der Waals surface area contributed by atoms with Crippen LogP contribution in [0.3, 0.4) is 0 Å². The van der Waals surface area contributed by atoms with Crippen LogP contribution < -0.4 is 0 Å². The zero-order chi connectivity index (χ0) is 4.99. The molecule has 0 rings (SSSR count). The first-order valence-electron chi connectivity index (χ1n) is 1.92. The van der Waals surface area contributed by atoms with Crippen LogP contribution >= 0.6 is 12.6 Å². The molecule has 6 heavy (non-hydrogen) atoms. The topological polar surface area (TPSA) is 9.23 Å². The monoisotopic (exact) mass is 105 g/mol. The number of hydrogen-bond donors (Lipinski definition) is 0. The fraction of sp³-hybridized carbons (Fsp3) is 1.00. The maximum Gasteiger partial charge on any atom is 0.0586 e. The molecular formula is C4H9OS. The fourth-order valence-electron chi connectivity index (χ4n) is 0.235. The summed E-state index contributed by atoms with van der Waals surface area (Å²) in [5.41, 5.74) is 0. The average Bonchev–Trinajstić information content (AvgIpc) is 1.35. The molecular weight excluding hydrogens is 96.1 g/mol. The molecule has 0 bridgehead atoms. The van der Waals surface area contributed by atoms with E-state index in [4.69, 9.17) is 17.4 Å². The SMILES string of the molecule is COCC(C)[S]. The summed E-state index contributed by atoms with van der Waals surface area (Å²) in [5.74, 6) is 0. The minimum absolute atomic E-state index is 0.259. The summed E-state index contributed by atoms with van der Waals surface area (Å²) in [6.45, 7) is 2.63. The van der Waals surface area contributed by atoms with Crippen molar-refractivity contribution < 1.29 is 4.74 Å². The largest absolute Gasteiger partial charge is 0.384 e. The van der Waals surface area contributed by atoms with E-state index >= 15 is 0 Å². The lowest BCUT2D eigenvalue weighted by molar-refractivity contribution is 0.203. The Morgan fingerprint density at radius 1 is 1.83 bits per heavy atom. The van der Waals surface area contributed by atoms with Crippen LogP contribution in [-0.2, 0) is 4.74 Å². The first kappa shape index (κ1) is 6.31. The van der Waals surface area contributed by atoms with Crippen molar-refractivity contribution in [3.63, 3.8) is 0 Å². The van der Waals surface area contributed by atoms with E-state index in [0.29, 0.717) is 6.61 Å². The maximum atomic E-state index is 4.75. The molecule has 1 unspecified atom stereocenters. The van der Waals surface area contributed by atoms with Gasteiger partial charge in [-0.3, -0.25) is 0 Å². The molecule has 1 radical (unpaired) electrons. The van der Waals surface area contributed by atoms with Gasteiger partial charge in [-0.1, -0.05) is 19.6 Å². The molecule has 0 aliphatic rings. The van der Waals surface area contributed by atoms with E-state index in [9.17, 15) is 0 Å². The smallest absolute Gasteiger partial charge is 0.0586 e. The van der Waals surface area contributed by atoms with Crippen molar-refractivity contribution in [1.82, 2.24) is 0 Å². The summed E-state index contributed by atoms with van der Waals surface area (Å²) in [7, 11) is 1.66. The minimum Gasteiger partial charge on any atom is -0.384 e. The van der Waals surface area contributed by atoms with Crippen LogP contribution in [0, 0.1) is 0 Å². The first-order valence-corrected chi connectivity index (χ1v) is 2.39. The average molecular weight is 105 g/mol. The lowest BCUT2D eigenvalue weighted by atomic mass is 10.5. The number of ether oxygens (including phenoxy) is 1. The third-order valence-electron chi connectivity index (χ3n) is 0.401. The van der Waals surface area contributed by atoms with Crippen molar-refractivity contribution in [2.75, 3.05) is 13.7 Å². The summed E-state index contributed by atoms with van der Waals surface area (Å²) in [4.78, 5) is 0. The Bertz CT molecular complexity index is 28.7. The number of methoxy groups -OCH3 is 1. The highest BCUT2D eigenvalue weighted by atomic mass is 32.1. The van der Waals surface area contributed by atoms with Crippen LogP contribution in [0.15, 0.2) is 0 Å². The third-order valence-corrected chi connectivity index (χ3v) is 0.537. The highest BCUT2D eigenvalue weighted by Gasteiger charge is 1.88. The van der Waals surface area contributed by atoms with Gasteiger partial charge in [0.2, 0.25) is 0 Å². The van der Waals surface area contributed by atoms with Crippen molar-refractivity contribution >= 4 is 12.6 Å². The van der Waals surface area contributed by atoms with Gasteiger partial charge in [0, 0.05) is 12.4 Å². The molecule has 0 aliphatic carbocycles. The Kier molecular flexibility index (Phi) is 3.68. The predicted molar refractivity (Wildman–Crippen MR) is 28.9 cm³/mol. The minimum atomic E-state index is 0.259. The van der Waals surface area contributed by atoms with Gasteiger partial charge in [0.25, 0.3) is 0 Å². The quantitative estimate of drug-likeness (QED) is 0.513. The van der Waals surface area contributed by atoms with Crippen molar-refractivity contribution in [1.29, 1.82) is 0 Å². The van der Waals surface area contributed by atoms with Gasteiger partial charge in [-0.25, -0.2) is 0 Å². The van der Waals surface area contributed by atoms with E-state index in [2.05, 4.69) is 0 Å². The molecule has 1 nitrogen and oxygen atoms in total. The standard InChI is InChI=1S/C4H9OS/c1-4(6)3-5-2/h4H,3H2,1-2H3. The Balaban J connectivity index is 2.63.